The third kappa shape index (κ3) is 6.73. The number of carbonyl (C=O) groups is 2. The minimum Gasteiger partial charge on any atom is -0.481 e. The quantitative estimate of drug-likeness (QED) is 0.628. The Balaban J connectivity index is 4.98. The fourth-order valence-corrected chi connectivity index (χ4v) is 2.78. The molecular weight excluding hydrogens is 256 g/mol. The first-order chi connectivity index (χ1) is 9.10. The van der Waals surface area contributed by atoms with E-state index in [1.807, 2.05) is 13.0 Å². The van der Waals surface area contributed by atoms with Gasteiger partial charge in [-0.2, -0.15) is 0 Å². The van der Waals surface area contributed by atoms with Gasteiger partial charge < -0.3 is 10.2 Å². The average Bonchev–Trinajstić information content (AvgIpc) is 2.24. The Labute approximate surface area is 121 Å². The molecule has 0 aliphatic carbocycles. The van der Waals surface area contributed by atoms with E-state index in [2.05, 4.69) is 13.8 Å². The summed E-state index contributed by atoms with van der Waals surface area (Å²) in [7, 11) is 0. The minimum absolute atomic E-state index is 0.351. The molecule has 0 aromatic carbocycles. The molecule has 0 heterocycles. The summed E-state index contributed by atoms with van der Waals surface area (Å²) < 4.78 is 0. The molecule has 0 aliphatic rings. The van der Waals surface area contributed by atoms with Gasteiger partial charge in [-0.25, -0.2) is 0 Å². The fourth-order valence-electron chi connectivity index (χ4n) is 2.78. The third-order valence-corrected chi connectivity index (χ3v) is 3.65. The molecule has 2 unspecified atom stereocenters. The van der Waals surface area contributed by atoms with Gasteiger partial charge in [0.15, 0.2) is 0 Å². The Hall–Kier alpha value is -1.32. The van der Waals surface area contributed by atoms with Crippen LogP contribution in [0.2, 0.25) is 0 Å². The van der Waals surface area contributed by atoms with Crippen LogP contribution in [0.4, 0.5) is 0 Å². The van der Waals surface area contributed by atoms with Crippen molar-refractivity contribution < 1.29 is 19.8 Å². The maximum absolute atomic E-state index is 11.3. The van der Waals surface area contributed by atoms with E-state index < -0.39 is 23.3 Å². The van der Waals surface area contributed by atoms with Gasteiger partial charge in [-0.15, -0.1) is 0 Å². The Bertz CT molecular complexity index is 369. The van der Waals surface area contributed by atoms with Gasteiger partial charge in [0, 0.05) is 0 Å². The normalized spacial score (nSPS) is 15.8. The molecule has 0 fully saturated rings. The van der Waals surface area contributed by atoms with Crippen molar-refractivity contribution in [1.29, 1.82) is 0 Å². The molecular formula is C16H28O4. The zero-order valence-electron chi connectivity index (χ0n) is 13.3. The molecule has 0 amide bonds. The maximum Gasteiger partial charge on any atom is 0.307 e. The summed E-state index contributed by atoms with van der Waals surface area (Å²) in [6.45, 7) is 9.91. The predicted molar refractivity (Wildman–Crippen MR) is 79.6 cm³/mol. The molecule has 4 heteroatoms. The maximum atomic E-state index is 11.3. The summed E-state index contributed by atoms with van der Waals surface area (Å²) in [6, 6.07) is 0. The smallest absolute Gasteiger partial charge is 0.307 e. The van der Waals surface area contributed by atoms with Crippen molar-refractivity contribution in [3.8, 4) is 0 Å². The highest BCUT2D eigenvalue weighted by molar-refractivity contribution is 5.78. The number of hydrogen-bond donors (Lipinski definition) is 2. The van der Waals surface area contributed by atoms with Crippen LogP contribution in [-0.2, 0) is 9.59 Å². The second-order valence-electron chi connectivity index (χ2n) is 6.40. The molecule has 0 saturated carbocycles. The highest BCUT2D eigenvalue weighted by Crippen LogP contribution is 2.34. The van der Waals surface area contributed by atoms with Gasteiger partial charge in [0.1, 0.15) is 0 Å². The number of carboxylic acids is 2. The van der Waals surface area contributed by atoms with E-state index in [4.69, 9.17) is 5.11 Å². The first-order valence-corrected chi connectivity index (χ1v) is 7.23. The lowest BCUT2D eigenvalue weighted by Crippen LogP contribution is -2.31. The van der Waals surface area contributed by atoms with Crippen molar-refractivity contribution in [3.63, 3.8) is 0 Å². The lowest BCUT2D eigenvalue weighted by Gasteiger charge is -2.28. The molecule has 0 aromatic heterocycles. The fraction of sp³-hybridized carbons (Fsp3) is 0.750. The van der Waals surface area contributed by atoms with Gasteiger partial charge in [-0.1, -0.05) is 52.2 Å². The van der Waals surface area contributed by atoms with E-state index in [0.717, 1.165) is 24.8 Å². The van der Waals surface area contributed by atoms with Crippen molar-refractivity contribution in [1.82, 2.24) is 0 Å². The van der Waals surface area contributed by atoms with Gasteiger partial charge in [0.05, 0.1) is 12.3 Å². The van der Waals surface area contributed by atoms with Crippen LogP contribution in [0.5, 0.6) is 0 Å². The zero-order valence-corrected chi connectivity index (χ0v) is 13.3. The second-order valence-corrected chi connectivity index (χ2v) is 6.40. The molecule has 0 aromatic rings. The van der Waals surface area contributed by atoms with Crippen LogP contribution in [0.25, 0.3) is 0 Å². The van der Waals surface area contributed by atoms with Crippen LogP contribution in [0.15, 0.2) is 11.6 Å². The van der Waals surface area contributed by atoms with E-state index in [9.17, 15) is 14.7 Å². The number of hydrogen-bond acceptors (Lipinski definition) is 2. The molecule has 0 saturated heterocycles. The first kappa shape index (κ1) is 18.7. The molecule has 2 N–H and O–H groups in total. The van der Waals surface area contributed by atoms with Crippen molar-refractivity contribution >= 4 is 11.9 Å². The summed E-state index contributed by atoms with van der Waals surface area (Å²) in [4.78, 5) is 22.1. The first-order valence-electron chi connectivity index (χ1n) is 7.23. The molecule has 20 heavy (non-hydrogen) atoms. The largest absolute Gasteiger partial charge is 0.481 e. The van der Waals surface area contributed by atoms with Crippen molar-refractivity contribution in [2.75, 3.05) is 0 Å². The Morgan fingerprint density at radius 3 is 2.15 bits per heavy atom. The standard InChI is InChI=1S/C16H28O4/c1-6-7-11(2)8-12(3)10-16(4,5)13(15(19)20)9-14(17)18/h10-11,13H,6-9H2,1-5H3,(H,17,18)(H,19,20)/b12-10+. The second kappa shape index (κ2) is 8.08. The van der Waals surface area contributed by atoms with Gasteiger partial charge in [0.2, 0.25) is 0 Å². The topological polar surface area (TPSA) is 74.6 Å². The molecule has 0 spiro atoms. The van der Waals surface area contributed by atoms with Crippen molar-refractivity contribution in [3.05, 3.63) is 11.6 Å². The van der Waals surface area contributed by atoms with Gasteiger partial charge in [-0.3, -0.25) is 9.59 Å². The van der Waals surface area contributed by atoms with Crippen molar-refractivity contribution in [2.45, 2.75) is 60.3 Å². The Morgan fingerprint density at radius 1 is 1.20 bits per heavy atom. The molecule has 0 aliphatic heterocycles. The van der Waals surface area contributed by atoms with E-state index in [0.29, 0.717) is 5.92 Å². The van der Waals surface area contributed by atoms with E-state index >= 15 is 0 Å². The summed E-state index contributed by atoms with van der Waals surface area (Å²) in [5.41, 5.74) is 0.466. The number of allylic oxidation sites excluding steroid dienone is 2. The van der Waals surface area contributed by atoms with Crippen LogP contribution < -0.4 is 0 Å². The van der Waals surface area contributed by atoms with Crippen LogP contribution in [0, 0.1) is 17.3 Å². The lowest BCUT2D eigenvalue weighted by molar-refractivity contribution is -0.151. The predicted octanol–water partition coefficient (Wildman–Crippen LogP) is 3.96. The lowest BCUT2D eigenvalue weighted by atomic mass is 9.75. The van der Waals surface area contributed by atoms with Crippen LogP contribution in [0.3, 0.4) is 0 Å². The van der Waals surface area contributed by atoms with E-state index in [1.54, 1.807) is 13.8 Å². The summed E-state index contributed by atoms with van der Waals surface area (Å²) in [5.74, 6) is -2.47. The SMILES string of the molecule is CCCC(C)C/C(C)=C/C(C)(C)C(CC(=O)O)C(=O)O. The summed E-state index contributed by atoms with van der Waals surface area (Å²) in [5, 5.41) is 18.1. The number of carboxylic acid groups (broad SMARTS) is 2. The van der Waals surface area contributed by atoms with Gasteiger partial charge in [-0.05, 0) is 24.7 Å². The molecule has 0 bridgehead atoms. The highest BCUT2D eigenvalue weighted by atomic mass is 16.4. The summed E-state index contributed by atoms with van der Waals surface area (Å²) in [6.07, 6.45) is 4.78. The minimum atomic E-state index is -1.07. The van der Waals surface area contributed by atoms with Crippen LogP contribution in [-0.4, -0.2) is 22.2 Å². The van der Waals surface area contributed by atoms with Crippen LogP contribution in [0.1, 0.15) is 60.3 Å². The van der Waals surface area contributed by atoms with Crippen molar-refractivity contribution in [2.24, 2.45) is 17.3 Å². The summed E-state index contributed by atoms with van der Waals surface area (Å²) >= 11 is 0. The number of aliphatic carboxylic acids is 2. The van der Waals surface area contributed by atoms with E-state index in [1.165, 1.54) is 0 Å². The van der Waals surface area contributed by atoms with Crippen LogP contribution >= 0.6 is 0 Å². The molecule has 2 atom stereocenters. The highest BCUT2D eigenvalue weighted by Gasteiger charge is 2.35. The molecule has 4 nitrogen and oxygen atoms in total. The Morgan fingerprint density at radius 2 is 1.75 bits per heavy atom. The average molecular weight is 284 g/mol. The van der Waals surface area contributed by atoms with Gasteiger partial charge >= 0.3 is 11.9 Å². The Kier molecular flexibility index (Phi) is 7.54. The zero-order chi connectivity index (χ0) is 15.9. The monoisotopic (exact) mass is 284 g/mol. The molecule has 116 valence electrons. The molecule has 0 rings (SSSR count). The number of rotatable bonds is 9. The van der Waals surface area contributed by atoms with E-state index in [-0.39, 0.29) is 6.42 Å². The van der Waals surface area contributed by atoms with Gasteiger partial charge in [0.25, 0.3) is 0 Å². The molecule has 0 radical (unpaired) electrons. The third-order valence-electron chi connectivity index (χ3n) is 3.65.